The molecule has 2 aromatic rings. The fourth-order valence-corrected chi connectivity index (χ4v) is 2.09. The third-order valence-corrected chi connectivity index (χ3v) is 3.42. The van der Waals surface area contributed by atoms with Crippen molar-refractivity contribution in [2.75, 3.05) is 0 Å². The predicted octanol–water partition coefficient (Wildman–Crippen LogP) is 3.63. The average molecular weight is 302 g/mol. The van der Waals surface area contributed by atoms with Crippen LogP contribution >= 0.6 is 11.8 Å². The Balaban J connectivity index is 1.76. The zero-order chi connectivity index (χ0) is 14.5. The van der Waals surface area contributed by atoms with Crippen LogP contribution in [-0.4, -0.2) is 10.7 Å². The molecule has 20 heavy (non-hydrogen) atoms. The third kappa shape index (κ3) is 4.35. The van der Waals surface area contributed by atoms with E-state index in [9.17, 15) is 8.78 Å². The number of aromatic nitrogens is 1. The van der Waals surface area contributed by atoms with Crippen molar-refractivity contribution in [3.63, 3.8) is 0 Å². The summed E-state index contributed by atoms with van der Waals surface area (Å²) in [6, 6.07) is 3.49. The Kier molecular flexibility index (Phi) is 5.19. The monoisotopic (exact) mass is 302 g/mol. The second-order valence-electron chi connectivity index (χ2n) is 4.29. The number of furan rings is 1. The minimum atomic E-state index is -2.38. The van der Waals surface area contributed by atoms with E-state index < -0.39 is 5.76 Å². The first-order valence-corrected chi connectivity index (χ1v) is 7.20. The summed E-state index contributed by atoms with van der Waals surface area (Å²) in [5, 5.41) is 3.13. The van der Waals surface area contributed by atoms with E-state index in [-0.39, 0.29) is 5.75 Å². The van der Waals surface area contributed by atoms with Gasteiger partial charge in [0.2, 0.25) is 5.89 Å². The molecule has 0 aliphatic heterocycles. The molecule has 0 atom stereocenters. The van der Waals surface area contributed by atoms with Crippen LogP contribution in [0.15, 0.2) is 21.0 Å². The number of nitrogens with one attached hydrogen (secondary N) is 1. The van der Waals surface area contributed by atoms with Crippen LogP contribution in [0.4, 0.5) is 8.78 Å². The van der Waals surface area contributed by atoms with Gasteiger partial charge >= 0.3 is 0 Å². The molecule has 2 aromatic heterocycles. The highest BCUT2D eigenvalue weighted by molar-refractivity contribution is 7.98. The number of hydrogen-bond donors (Lipinski definition) is 1. The zero-order valence-electron chi connectivity index (χ0n) is 11.3. The molecule has 0 aromatic carbocycles. The van der Waals surface area contributed by atoms with Crippen molar-refractivity contribution in [2.45, 2.75) is 38.4 Å². The largest absolute Gasteiger partial charge is 0.464 e. The highest BCUT2D eigenvalue weighted by atomic mass is 32.2. The molecular weight excluding hydrogens is 286 g/mol. The first-order chi connectivity index (χ1) is 9.54. The van der Waals surface area contributed by atoms with Gasteiger partial charge in [-0.05, 0) is 26.0 Å². The van der Waals surface area contributed by atoms with Crippen LogP contribution in [-0.2, 0) is 18.8 Å². The summed E-state index contributed by atoms with van der Waals surface area (Å²) in [6.45, 7) is 4.75. The molecule has 1 N–H and O–H groups in total. The molecule has 7 heteroatoms. The van der Waals surface area contributed by atoms with Crippen LogP contribution in [0.2, 0.25) is 0 Å². The van der Waals surface area contributed by atoms with Gasteiger partial charge in [0, 0.05) is 0 Å². The van der Waals surface area contributed by atoms with Crippen molar-refractivity contribution in [3.05, 3.63) is 41.0 Å². The molecule has 0 saturated carbocycles. The molecule has 4 nitrogen and oxygen atoms in total. The van der Waals surface area contributed by atoms with Gasteiger partial charge in [0.05, 0.1) is 24.5 Å². The zero-order valence-corrected chi connectivity index (χ0v) is 12.1. The summed E-state index contributed by atoms with van der Waals surface area (Å²) in [7, 11) is 0. The van der Waals surface area contributed by atoms with Gasteiger partial charge in [0.25, 0.3) is 5.76 Å². The Morgan fingerprint density at radius 1 is 1.20 bits per heavy atom. The van der Waals surface area contributed by atoms with E-state index in [2.05, 4.69) is 10.3 Å². The molecule has 0 radical (unpaired) electrons. The minimum absolute atomic E-state index is 0.176. The van der Waals surface area contributed by atoms with E-state index in [1.807, 2.05) is 13.8 Å². The van der Waals surface area contributed by atoms with Crippen LogP contribution in [0.25, 0.3) is 0 Å². The maximum absolute atomic E-state index is 12.0. The van der Waals surface area contributed by atoms with E-state index in [4.69, 9.17) is 8.83 Å². The van der Waals surface area contributed by atoms with Crippen molar-refractivity contribution in [1.29, 1.82) is 0 Å². The summed E-state index contributed by atoms with van der Waals surface area (Å²) in [5.41, 5.74) is 0.881. The molecular formula is C13H16F2N2O2S. The molecule has 0 aliphatic rings. The number of hydrogen-bond acceptors (Lipinski definition) is 5. The smallest absolute Gasteiger partial charge is 0.284 e. The number of rotatable bonds is 7. The lowest BCUT2D eigenvalue weighted by Crippen LogP contribution is -2.12. The van der Waals surface area contributed by atoms with Crippen LogP contribution in [0.1, 0.15) is 28.9 Å². The number of nitrogens with zero attached hydrogens (tertiary/aromatic N) is 1. The standard InChI is InChI=1S/C13H16F2N2O2S/c1-8-9(2)18-12(17-8)6-16-5-10-3-4-11(19-10)7-20-13(14)15/h3-4,13,16H,5-7H2,1-2H3. The first-order valence-electron chi connectivity index (χ1n) is 6.15. The average Bonchev–Trinajstić information content (AvgIpc) is 2.95. The Morgan fingerprint density at radius 2 is 1.95 bits per heavy atom. The van der Waals surface area contributed by atoms with Gasteiger partial charge in [-0.25, -0.2) is 4.98 Å². The number of alkyl halides is 2. The second-order valence-corrected chi connectivity index (χ2v) is 5.27. The van der Waals surface area contributed by atoms with Gasteiger partial charge in [0.15, 0.2) is 0 Å². The Hall–Kier alpha value is -1.34. The Morgan fingerprint density at radius 3 is 2.60 bits per heavy atom. The lowest BCUT2D eigenvalue weighted by molar-refractivity contribution is 0.251. The number of thioether (sulfide) groups is 1. The molecule has 0 unspecified atom stereocenters. The van der Waals surface area contributed by atoms with E-state index in [1.165, 1.54) is 0 Å². The Bertz CT molecular complexity index is 535. The molecule has 0 saturated heterocycles. The van der Waals surface area contributed by atoms with Crippen molar-refractivity contribution in [1.82, 2.24) is 10.3 Å². The molecule has 2 heterocycles. The van der Waals surface area contributed by atoms with Crippen LogP contribution in [0.5, 0.6) is 0 Å². The molecule has 0 amide bonds. The van der Waals surface area contributed by atoms with Crippen molar-refractivity contribution in [3.8, 4) is 0 Å². The van der Waals surface area contributed by atoms with E-state index in [0.717, 1.165) is 11.5 Å². The van der Waals surface area contributed by atoms with Gasteiger partial charge in [-0.3, -0.25) is 0 Å². The maximum Gasteiger partial charge on any atom is 0.284 e. The Labute approximate surface area is 119 Å². The summed E-state index contributed by atoms with van der Waals surface area (Å²) in [5.74, 6) is 0.490. The van der Waals surface area contributed by atoms with Gasteiger partial charge < -0.3 is 14.2 Å². The van der Waals surface area contributed by atoms with Gasteiger partial charge in [-0.2, -0.15) is 8.78 Å². The summed E-state index contributed by atoms with van der Waals surface area (Å²) >= 11 is 0.550. The van der Waals surface area contributed by atoms with Crippen molar-refractivity contribution in [2.24, 2.45) is 0 Å². The summed E-state index contributed by atoms with van der Waals surface area (Å²) < 4.78 is 35.0. The summed E-state index contributed by atoms with van der Waals surface area (Å²) in [4.78, 5) is 4.25. The fourth-order valence-electron chi connectivity index (χ4n) is 1.65. The van der Waals surface area contributed by atoms with Gasteiger partial charge in [-0.1, -0.05) is 11.8 Å². The molecule has 0 bridgehead atoms. The highest BCUT2D eigenvalue weighted by Crippen LogP contribution is 2.21. The number of oxazole rings is 1. The topological polar surface area (TPSA) is 51.2 Å². The van der Waals surface area contributed by atoms with Crippen molar-refractivity contribution >= 4 is 11.8 Å². The van der Waals surface area contributed by atoms with Crippen molar-refractivity contribution < 1.29 is 17.6 Å². The van der Waals surface area contributed by atoms with Gasteiger partial charge in [-0.15, -0.1) is 0 Å². The highest BCUT2D eigenvalue weighted by Gasteiger charge is 2.08. The lowest BCUT2D eigenvalue weighted by atomic mass is 10.4. The second kappa shape index (κ2) is 6.90. The normalized spacial score (nSPS) is 11.4. The van der Waals surface area contributed by atoms with Crippen LogP contribution in [0, 0.1) is 13.8 Å². The predicted molar refractivity (Wildman–Crippen MR) is 72.5 cm³/mol. The molecule has 110 valence electrons. The molecule has 0 aliphatic carbocycles. The number of aryl methyl sites for hydroxylation is 2. The van der Waals surface area contributed by atoms with E-state index >= 15 is 0 Å². The minimum Gasteiger partial charge on any atom is -0.464 e. The molecule has 0 fully saturated rings. The quantitative estimate of drug-likeness (QED) is 0.846. The van der Waals surface area contributed by atoms with Crippen LogP contribution < -0.4 is 5.32 Å². The third-order valence-electron chi connectivity index (χ3n) is 2.72. The fraction of sp³-hybridized carbons (Fsp3) is 0.462. The van der Waals surface area contributed by atoms with Crippen LogP contribution in [0.3, 0.4) is 0 Å². The first kappa shape index (κ1) is 15.1. The maximum atomic E-state index is 12.0. The number of halogens is 2. The lowest BCUT2D eigenvalue weighted by Gasteiger charge is -1.99. The van der Waals surface area contributed by atoms with Gasteiger partial charge in [0.1, 0.15) is 17.3 Å². The van der Waals surface area contributed by atoms with E-state index in [0.29, 0.717) is 42.3 Å². The SMILES string of the molecule is Cc1nc(CNCc2ccc(CSC(F)F)o2)oc1C. The summed E-state index contributed by atoms with van der Waals surface area (Å²) in [6.07, 6.45) is 0. The molecule has 0 spiro atoms. The molecule has 2 rings (SSSR count). The van der Waals surface area contributed by atoms with E-state index in [1.54, 1.807) is 12.1 Å².